The van der Waals surface area contributed by atoms with Crippen LogP contribution in [0.25, 0.3) is 21.9 Å². The maximum absolute atomic E-state index is 5.25. The van der Waals surface area contributed by atoms with E-state index in [4.69, 9.17) is 9.97 Å². The molecule has 0 aliphatic heterocycles. The van der Waals surface area contributed by atoms with Gasteiger partial charge >= 0.3 is 0 Å². The highest BCUT2D eigenvalue weighted by Gasteiger charge is 2.22. The van der Waals surface area contributed by atoms with Crippen molar-refractivity contribution < 1.29 is 0 Å². The van der Waals surface area contributed by atoms with Crippen molar-refractivity contribution in [3.8, 4) is 0 Å². The van der Waals surface area contributed by atoms with E-state index >= 15 is 0 Å². The van der Waals surface area contributed by atoms with E-state index in [0.29, 0.717) is 0 Å². The number of unbranched alkanes of at least 4 members (excludes halogenated alkanes) is 2. The number of aryl methyl sites for hydroxylation is 1. The number of benzene rings is 2. The van der Waals surface area contributed by atoms with E-state index in [-0.39, 0.29) is 5.41 Å². The summed E-state index contributed by atoms with van der Waals surface area (Å²) in [5.41, 5.74) is 7.32. The molecule has 4 rings (SSSR count). The molecular formula is C31H42N4. The maximum Gasteiger partial charge on any atom is 0.111 e. The quantitative estimate of drug-likeness (QED) is 0.231. The number of para-hydroxylation sites is 1. The summed E-state index contributed by atoms with van der Waals surface area (Å²) >= 11 is 0. The number of pyridine rings is 1. The second kappa shape index (κ2) is 11.3. The summed E-state index contributed by atoms with van der Waals surface area (Å²) in [7, 11) is 0. The molecule has 0 saturated carbocycles. The van der Waals surface area contributed by atoms with Crippen molar-refractivity contribution in [2.45, 2.75) is 86.2 Å². The molecule has 2 aromatic carbocycles. The fourth-order valence-corrected chi connectivity index (χ4v) is 4.74. The van der Waals surface area contributed by atoms with Crippen LogP contribution in [0.1, 0.15) is 82.9 Å². The minimum absolute atomic E-state index is 0.150. The van der Waals surface area contributed by atoms with Crippen molar-refractivity contribution >= 4 is 21.9 Å². The van der Waals surface area contributed by atoms with Crippen molar-refractivity contribution in [2.24, 2.45) is 5.41 Å². The highest BCUT2D eigenvalue weighted by Crippen LogP contribution is 2.32. The summed E-state index contributed by atoms with van der Waals surface area (Å²) in [4.78, 5) is 10.3. The molecule has 4 aromatic rings. The van der Waals surface area contributed by atoms with Gasteiger partial charge in [0.25, 0.3) is 0 Å². The third kappa shape index (κ3) is 6.29. The molecule has 0 radical (unpaired) electrons. The van der Waals surface area contributed by atoms with E-state index in [2.05, 4.69) is 93.0 Å². The number of nitrogens with zero attached hydrogens (tertiary/aromatic N) is 3. The van der Waals surface area contributed by atoms with Crippen LogP contribution in [-0.2, 0) is 25.9 Å². The monoisotopic (exact) mass is 470 g/mol. The highest BCUT2D eigenvalue weighted by molar-refractivity contribution is 6.03. The van der Waals surface area contributed by atoms with Gasteiger partial charge in [-0.25, -0.2) is 4.98 Å². The first-order chi connectivity index (χ1) is 16.9. The Morgan fingerprint density at radius 3 is 2.29 bits per heavy atom. The molecule has 0 spiro atoms. The van der Waals surface area contributed by atoms with Crippen molar-refractivity contribution in [2.75, 3.05) is 6.54 Å². The fraction of sp³-hybridized carbons (Fsp3) is 0.484. The van der Waals surface area contributed by atoms with Crippen LogP contribution in [0.4, 0.5) is 0 Å². The molecule has 0 bridgehead atoms. The summed E-state index contributed by atoms with van der Waals surface area (Å²) in [6.45, 7) is 14.2. The smallest absolute Gasteiger partial charge is 0.111 e. The van der Waals surface area contributed by atoms with E-state index in [0.717, 1.165) is 62.0 Å². The van der Waals surface area contributed by atoms with Crippen molar-refractivity contribution in [1.29, 1.82) is 0 Å². The largest absolute Gasteiger partial charge is 0.323 e. The topological polar surface area (TPSA) is 42.7 Å². The molecule has 4 heteroatoms. The number of fused-ring (bicyclic) bond motifs is 3. The Labute approximate surface area is 211 Å². The fourth-order valence-electron chi connectivity index (χ4n) is 4.74. The van der Waals surface area contributed by atoms with Gasteiger partial charge in [-0.15, -0.1) is 0 Å². The number of nitrogens with one attached hydrogen (secondary N) is 1. The van der Waals surface area contributed by atoms with Gasteiger partial charge in [0, 0.05) is 24.9 Å². The predicted molar refractivity (Wildman–Crippen MR) is 149 cm³/mol. The molecule has 1 N–H and O–H groups in total. The molecule has 186 valence electrons. The summed E-state index contributed by atoms with van der Waals surface area (Å²) in [6.07, 6.45) is 6.67. The Bertz CT molecular complexity index is 1250. The van der Waals surface area contributed by atoms with Gasteiger partial charge in [-0.05, 0) is 48.4 Å². The molecule has 2 heterocycles. The van der Waals surface area contributed by atoms with Crippen LogP contribution in [0, 0.1) is 5.41 Å². The van der Waals surface area contributed by atoms with Crippen LogP contribution in [0.15, 0.2) is 48.5 Å². The number of hydrogen-bond acceptors (Lipinski definition) is 3. The van der Waals surface area contributed by atoms with Crippen molar-refractivity contribution in [3.05, 3.63) is 71.2 Å². The summed E-state index contributed by atoms with van der Waals surface area (Å²) in [5, 5.41) is 4.75. The second-order valence-corrected chi connectivity index (χ2v) is 11.1. The summed E-state index contributed by atoms with van der Waals surface area (Å²) in [6, 6.07) is 17.7. The lowest BCUT2D eigenvalue weighted by Gasteiger charge is -2.18. The third-order valence-corrected chi connectivity index (χ3v) is 6.59. The molecule has 4 nitrogen and oxygen atoms in total. The van der Waals surface area contributed by atoms with E-state index in [1.165, 1.54) is 40.7 Å². The van der Waals surface area contributed by atoms with Gasteiger partial charge in [0.15, 0.2) is 0 Å². The van der Waals surface area contributed by atoms with Gasteiger partial charge < -0.3 is 9.88 Å². The molecule has 2 aromatic heterocycles. The molecule has 0 fully saturated rings. The van der Waals surface area contributed by atoms with Crippen LogP contribution in [0.3, 0.4) is 0 Å². The Kier molecular flexibility index (Phi) is 8.22. The molecule has 0 atom stereocenters. The Morgan fingerprint density at radius 1 is 0.857 bits per heavy atom. The van der Waals surface area contributed by atoms with Gasteiger partial charge in [-0.3, -0.25) is 4.98 Å². The first kappa shape index (κ1) is 25.4. The summed E-state index contributed by atoms with van der Waals surface area (Å²) < 4.78 is 2.47. The molecule has 0 unspecified atom stereocenters. The first-order valence-electron chi connectivity index (χ1n) is 13.4. The van der Waals surface area contributed by atoms with Crippen molar-refractivity contribution in [1.82, 2.24) is 19.9 Å². The molecular weight excluding hydrogens is 428 g/mol. The highest BCUT2D eigenvalue weighted by atomic mass is 15.1. The normalized spacial score (nSPS) is 12.1. The molecule has 0 aliphatic carbocycles. The minimum atomic E-state index is 0.150. The van der Waals surface area contributed by atoms with Crippen LogP contribution in [0.5, 0.6) is 0 Å². The second-order valence-electron chi connectivity index (χ2n) is 11.1. The SMILES string of the molecule is CCCCNCc1ccc(Cn2c(CCCC)nc3c(CC(C)(C)C)nc4ccccc4c32)cc1. The lowest BCUT2D eigenvalue weighted by atomic mass is 9.89. The van der Waals surface area contributed by atoms with Gasteiger partial charge in [0.05, 0.1) is 16.7 Å². The lowest BCUT2D eigenvalue weighted by molar-refractivity contribution is 0.408. The lowest BCUT2D eigenvalue weighted by Crippen LogP contribution is -2.14. The van der Waals surface area contributed by atoms with Crippen LogP contribution in [0.2, 0.25) is 0 Å². The zero-order valence-corrected chi connectivity index (χ0v) is 22.3. The molecule has 0 saturated heterocycles. The Morgan fingerprint density at radius 2 is 1.57 bits per heavy atom. The Hall–Kier alpha value is -2.72. The third-order valence-electron chi connectivity index (χ3n) is 6.59. The number of rotatable bonds is 11. The average molecular weight is 471 g/mol. The Balaban J connectivity index is 1.75. The molecule has 0 aliphatic rings. The first-order valence-corrected chi connectivity index (χ1v) is 13.4. The van der Waals surface area contributed by atoms with Crippen LogP contribution >= 0.6 is 0 Å². The average Bonchev–Trinajstić information content (AvgIpc) is 3.19. The van der Waals surface area contributed by atoms with Crippen LogP contribution in [-0.4, -0.2) is 21.1 Å². The summed E-state index contributed by atoms with van der Waals surface area (Å²) in [5.74, 6) is 1.18. The van der Waals surface area contributed by atoms with Gasteiger partial charge in [-0.1, -0.05) is 89.9 Å². The maximum atomic E-state index is 5.25. The standard InChI is InChI=1S/C31H42N4/c1-6-8-14-28-34-29-27(20-31(3,4)5)33-26-13-11-10-12-25(26)30(29)35(28)22-24-17-15-23(16-18-24)21-32-19-9-7-2/h10-13,15-18,32H,6-9,14,19-22H2,1-5H3. The van der Waals surface area contributed by atoms with Gasteiger partial charge in [0.1, 0.15) is 11.3 Å². The van der Waals surface area contributed by atoms with Gasteiger partial charge in [0.2, 0.25) is 0 Å². The molecule has 0 amide bonds. The van der Waals surface area contributed by atoms with Gasteiger partial charge in [-0.2, -0.15) is 0 Å². The predicted octanol–water partition coefficient (Wildman–Crippen LogP) is 7.45. The van der Waals surface area contributed by atoms with Crippen LogP contribution < -0.4 is 5.32 Å². The molecule has 35 heavy (non-hydrogen) atoms. The zero-order valence-electron chi connectivity index (χ0n) is 22.3. The van der Waals surface area contributed by atoms with E-state index < -0.39 is 0 Å². The number of hydrogen-bond donors (Lipinski definition) is 1. The van der Waals surface area contributed by atoms with E-state index in [1.807, 2.05) is 0 Å². The van der Waals surface area contributed by atoms with Crippen molar-refractivity contribution in [3.63, 3.8) is 0 Å². The number of imidazole rings is 1. The zero-order chi connectivity index (χ0) is 24.8. The van der Waals surface area contributed by atoms with E-state index in [9.17, 15) is 0 Å². The minimum Gasteiger partial charge on any atom is -0.323 e. The van der Waals surface area contributed by atoms with E-state index in [1.54, 1.807) is 0 Å². The number of aromatic nitrogens is 3.